The van der Waals surface area contributed by atoms with Crippen LogP contribution in [0, 0.1) is 0 Å². The Morgan fingerprint density at radius 1 is 1.45 bits per heavy atom. The van der Waals surface area contributed by atoms with Crippen LogP contribution in [0.5, 0.6) is 5.75 Å². The van der Waals surface area contributed by atoms with E-state index < -0.39 is 0 Å². The fourth-order valence-electron chi connectivity index (χ4n) is 2.04. The number of nitrogens with zero attached hydrogens (tertiary/aromatic N) is 1. The summed E-state index contributed by atoms with van der Waals surface area (Å²) >= 11 is 8.00. The molecule has 1 fully saturated rings. The first-order valence-corrected chi connectivity index (χ1v) is 8.30. The van der Waals surface area contributed by atoms with E-state index in [1.165, 1.54) is 0 Å². The van der Waals surface area contributed by atoms with Crippen LogP contribution < -0.4 is 10.1 Å². The second kappa shape index (κ2) is 7.64. The summed E-state index contributed by atoms with van der Waals surface area (Å²) in [4.78, 5) is 14.1. The number of hydrogen-bond donors (Lipinski definition) is 1. The molecule has 1 aromatic carbocycles. The molecule has 0 radical (unpaired) electrons. The van der Waals surface area contributed by atoms with Gasteiger partial charge in [0, 0.05) is 18.8 Å². The lowest BCUT2D eigenvalue weighted by Crippen LogP contribution is -2.36. The number of ether oxygens (including phenoxy) is 1. The molecule has 2 rings (SSSR count). The third-order valence-corrected chi connectivity index (χ3v) is 4.35. The van der Waals surface area contributed by atoms with Gasteiger partial charge in [0.25, 0.3) is 0 Å². The van der Waals surface area contributed by atoms with Crippen LogP contribution in [-0.2, 0) is 0 Å². The first-order valence-electron chi connectivity index (χ1n) is 6.77. The molecule has 0 saturated carbocycles. The van der Waals surface area contributed by atoms with E-state index >= 15 is 0 Å². The van der Waals surface area contributed by atoms with Crippen LogP contribution in [0.2, 0.25) is 5.02 Å². The molecule has 20 heavy (non-hydrogen) atoms. The van der Waals surface area contributed by atoms with Crippen molar-refractivity contribution in [2.24, 2.45) is 0 Å². The van der Waals surface area contributed by atoms with Gasteiger partial charge in [-0.2, -0.15) is 11.8 Å². The number of hydrogen-bond acceptors (Lipinski definition) is 3. The van der Waals surface area contributed by atoms with Crippen LogP contribution in [0.1, 0.15) is 13.3 Å². The van der Waals surface area contributed by atoms with Gasteiger partial charge in [-0.3, -0.25) is 0 Å². The Hall–Kier alpha value is -1.07. The van der Waals surface area contributed by atoms with Gasteiger partial charge in [-0.15, -0.1) is 0 Å². The number of benzene rings is 1. The molecule has 1 aliphatic rings. The van der Waals surface area contributed by atoms with Gasteiger partial charge in [0.1, 0.15) is 0 Å². The Balaban J connectivity index is 2.08. The van der Waals surface area contributed by atoms with Crippen LogP contribution in [0.15, 0.2) is 18.2 Å². The van der Waals surface area contributed by atoms with Crippen molar-refractivity contribution in [1.29, 1.82) is 0 Å². The lowest BCUT2D eigenvalue weighted by Gasteiger charge is -2.21. The van der Waals surface area contributed by atoms with Crippen molar-refractivity contribution >= 4 is 35.1 Å². The largest absolute Gasteiger partial charge is 0.490 e. The number of nitrogens with one attached hydrogen (secondary N) is 1. The maximum atomic E-state index is 12.3. The van der Waals surface area contributed by atoms with Crippen molar-refractivity contribution in [2.45, 2.75) is 13.3 Å². The molecule has 4 nitrogen and oxygen atoms in total. The van der Waals surface area contributed by atoms with Gasteiger partial charge in [0.2, 0.25) is 0 Å². The molecule has 2 amide bonds. The number of carbonyl (C=O) groups is 1. The average molecular weight is 315 g/mol. The molecule has 6 heteroatoms. The fourth-order valence-corrected chi connectivity index (χ4v) is 3.16. The number of thioether (sulfide) groups is 1. The van der Waals surface area contributed by atoms with Gasteiger partial charge >= 0.3 is 6.03 Å². The smallest absolute Gasteiger partial charge is 0.321 e. The molecule has 0 unspecified atom stereocenters. The summed E-state index contributed by atoms with van der Waals surface area (Å²) in [5.74, 6) is 2.64. The topological polar surface area (TPSA) is 41.6 Å². The van der Waals surface area contributed by atoms with Crippen molar-refractivity contribution in [3.05, 3.63) is 23.2 Å². The molecule has 0 aliphatic carbocycles. The SMILES string of the molecule is CCOc1c(Cl)cccc1NC(=O)N1CCCSCC1. The van der Waals surface area contributed by atoms with Crippen molar-refractivity contribution in [2.75, 3.05) is 36.5 Å². The summed E-state index contributed by atoms with van der Waals surface area (Å²) in [5, 5.41) is 3.41. The van der Waals surface area contributed by atoms with Crippen LogP contribution in [0.3, 0.4) is 0 Å². The molecule has 0 bridgehead atoms. The average Bonchev–Trinajstić information content (AvgIpc) is 2.71. The fraction of sp³-hybridized carbons (Fsp3) is 0.500. The van der Waals surface area contributed by atoms with Gasteiger partial charge < -0.3 is 15.0 Å². The number of urea groups is 1. The quantitative estimate of drug-likeness (QED) is 0.924. The Morgan fingerprint density at radius 2 is 2.30 bits per heavy atom. The summed E-state index contributed by atoms with van der Waals surface area (Å²) in [6.07, 6.45) is 1.03. The van der Waals surface area contributed by atoms with E-state index in [2.05, 4.69) is 5.32 Å². The summed E-state index contributed by atoms with van der Waals surface area (Å²) in [6, 6.07) is 5.28. The minimum atomic E-state index is -0.0873. The highest BCUT2D eigenvalue weighted by Gasteiger charge is 2.18. The zero-order chi connectivity index (χ0) is 14.4. The van der Waals surface area contributed by atoms with Gasteiger partial charge in [-0.25, -0.2) is 4.79 Å². The number of para-hydroxylation sites is 1. The third kappa shape index (κ3) is 3.96. The molecule has 1 N–H and O–H groups in total. The van der Waals surface area contributed by atoms with Gasteiger partial charge in [0.15, 0.2) is 5.75 Å². The van der Waals surface area contributed by atoms with E-state index in [-0.39, 0.29) is 6.03 Å². The summed E-state index contributed by atoms with van der Waals surface area (Å²) in [6.45, 7) is 3.97. The number of anilines is 1. The van der Waals surface area contributed by atoms with E-state index in [9.17, 15) is 4.79 Å². The van der Waals surface area contributed by atoms with Crippen LogP contribution >= 0.6 is 23.4 Å². The minimum Gasteiger partial charge on any atom is -0.490 e. The van der Waals surface area contributed by atoms with E-state index in [1.54, 1.807) is 18.2 Å². The first-order chi connectivity index (χ1) is 9.72. The maximum Gasteiger partial charge on any atom is 0.321 e. The predicted molar refractivity (Wildman–Crippen MR) is 85.2 cm³/mol. The summed E-state index contributed by atoms with van der Waals surface area (Å²) in [5.41, 5.74) is 0.626. The molecule has 1 aliphatic heterocycles. The molecular formula is C14H19ClN2O2S. The van der Waals surface area contributed by atoms with Gasteiger partial charge in [-0.05, 0) is 31.2 Å². The number of amides is 2. The Kier molecular flexibility index (Phi) is 5.86. The Labute approximate surface area is 128 Å². The predicted octanol–water partition coefficient (Wildman–Crippen LogP) is 3.71. The van der Waals surface area contributed by atoms with E-state index in [0.717, 1.165) is 31.0 Å². The molecular weight excluding hydrogens is 296 g/mol. The highest BCUT2D eigenvalue weighted by molar-refractivity contribution is 7.99. The molecule has 1 heterocycles. The third-order valence-electron chi connectivity index (χ3n) is 3.01. The second-order valence-electron chi connectivity index (χ2n) is 4.43. The highest BCUT2D eigenvalue weighted by Crippen LogP contribution is 2.33. The maximum absolute atomic E-state index is 12.3. The van der Waals surface area contributed by atoms with Crippen LogP contribution in [0.25, 0.3) is 0 Å². The normalized spacial score (nSPS) is 15.6. The van der Waals surface area contributed by atoms with E-state index in [4.69, 9.17) is 16.3 Å². The van der Waals surface area contributed by atoms with Crippen LogP contribution in [0.4, 0.5) is 10.5 Å². The zero-order valence-corrected chi connectivity index (χ0v) is 13.1. The van der Waals surface area contributed by atoms with Crippen molar-refractivity contribution in [3.63, 3.8) is 0 Å². The first kappa shape index (κ1) is 15.3. The van der Waals surface area contributed by atoms with E-state index in [1.807, 2.05) is 23.6 Å². The molecule has 1 saturated heterocycles. The monoisotopic (exact) mass is 314 g/mol. The van der Waals surface area contributed by atoms with Gasteiger partial charge in [0.05, 0.1) is 17.3 Å². The summed E-state index contributed by atoms with van der Waals surface area (Å²) < 4.78 is 5.51. The molecule has 0 spiro atoms. The molecule has 110 valence electrons. The number of halogens is 1. The molecule has 1 aromatic rings. The standard InChI is InChI=1S/C14H19ClN2O2S/c1-2-19-13-11(15)5-3-6-12(13)16-14(18)17-7-4-9-20-10-8-17/h3,5-6H,2,4,7-10H2,1H3,(H,16,18). The molecule has 0 atom stereocenters. The van der Waals surface area contributed by atoms with E-state index in [0.29, 0.717) is 23.1 Å². The summed E-state index contributed by atoms with van der Waals surface area (Å²) in [7, 11) is 0. The highest BCUT2D eigenvalue weighted by atomic mass is 35.5. The number of rotatable bonds is 3. The van der Waals surface area contributed by atoms with Crippen molar-refractivity contribution in [1.82, 2.24) is 4.90 Å². The lowest BCUT2D eigenvalue weighted by molar-refractivity contribution is 0.215. The zero-order valence-electron chi connectivity index (χ0n) is 11.5. The van der Waals surface area contributed by atoms with Gasteiger partial charge in [-0.1, -0.05) is 17.7 Å². The van der Waals surface area contributed by atoms with Crippen molar-refractivity contribution in [3.8, 4) is 5.75 Å². The van der Waals surface area contributed by atoms with Crippen LogP contribution in [-0.4, -0.2) is 42.1 Å². The molecule has 0 aromatic heterocycles. The Bertz CT molecular complexity index is 462. The van der Waals surface area contributed by atoms with Crippen molar-refractivity contribution < 1.29 is 9.53 Å². The number of carbonyl (C=O) groups excluding carboxylic acids is 1. The minimum absolute atomic E-state index is 0.0873. The Morgan fingerprint density at radius 3 is 3.10 bits per heavy atom. The lowest BCUT2D eigenvalue weighted by atomic mass is 10.3. The second-order valence-corrected chi connectivity index (χ2v) is 6.06.